The number of rotatable bonds is 3. The summed E-state index contributed by atoms with van der Waals surface area (Å²) in [6.45, 7) is 2.72. The van der Waals surface area contributed by atoms with Gasteiger partial charge in [-0.05, 0) is 18.2 Å². The van der Waals surface area contributed by atoms with Crippen LogP contribution in [0.1, 0.15) is 12.8 Å². The van der Waals surface area contributed by atoms with E-state index in [4.69, 9.17) is 4.42 Å². The van der Waals surface area contributed by atoms with Crippen LogP contribution in [0.15, 0.2) is 28.7 Å². The van der Waals surface area contributed by atoms with Gasteiger partial charge in [-0.2, -0.15) is 0 Å². The summed E-state index contributed by atoms with van der Waals surface area (Å²) < 4.78 is 43.3. The Morgan fingerprint density at radius 1 is 1.26 bits per heavy atom. The van der Waals surface area contributed by atoms with Gasteiger partial charge in [0.1, 0.15) is 5.82 Å². The van der Waals surface area contributed by atoms with E-state index in [1.165, 1.54) is 19.1 Å². The molecule has 2 aromatic rings. The lowest BCUT2D eigenvalue weighted by atomic mass is 10.0. The van der Waals surface area contributed by atoms with E-state index in [2.05, 4.69) is 10.2 Å². The molecule has 0 radical (unpaired) electrons. The Kier molecular flexibility index (Phi) is 4.47. The second-order valence-corrected chi connectivity index (χ2v) is 9.06. The third-order valence-electron chi connectivity index (χ3n) is 5.07. The van der Waals surface area contributed by atoms with Crippen molar-refractivity contribution in [2.75, 3.05) is 24.6 Å². The summed E-state index contributed by atoms with van der Waals surface area (Å²) in [7, 11) is -3.21. The Hall–Kier alpha value is -2.33. The first-order valence-electron chi connectivity index (χ1n) is 8.62. The highest BCUT2D eigenvalue weighted by Gasteiger charge is 2.47. The number of amides is 1. The number of nitrogens with zero attached hydrogens (tertiary/aromatic N) is 4. The molecule has 2 saturated heterocycles. The normalized spacial score (nSPS) is 24.7. The average molecular weight is 394 g/mol. The van der Waals surface area contributed by atoms with Crippen LogP contribution in [0, 0.1) is 5.82 Å². The van der Waals surface area contributed by atoms with Crippen LogP contribution in [0.4, 0.5) is 4.39 Å². The van der Waals surface area contributed by atoms with Crippen molar-refractivity contribution >= 4 is 15.7 Å². The molecule has 0 unspecified atom stereocenters. The van der Waals surface area contributed by atoms with Gasteiger partial charge in [-0.15, -0.1) is 10.2 Å². The predicted octanol–water partition coefficient (Wildman–Crippen LogP) is 0.705. The smallest absolute Gasteiger partial charge is 0.247 e. The van der Waals surface area contributed by atoms with E-state index in [0.29, 0.717) is 24.5 Å². The van der Waals surface area contributed by atoms with Crippen LogP contribution in [-0.2, 0) is 21.2 Å². The predicted molar refractivity (Wildman–Crippen MR) is 93.7 cm³/mol. The molecule has 1 aromatic heterocycles. The Morgan fingerprint density at radius 3 is 2.78 bits per heavy atom. The Labute approximate surface area is 155 Å². The lowest BCUT2D eigenvalue weighted by Gasteiger charge is -2.43. The monoisotopic (exact) mass is 394 g/mol. The summed E-state index contributed by atoms with van der Waals surface area (Å²) in [5.41, 5.74) is 0.483. The molecule has 1 aromatic carbocycles. The molecule has 144 valence electrons. The van der Waals surface area contributed by atoms with Crippen LogP contribution in [0.3, 0.4) is 0 Å². The van der Waals surface area contributed by atoms with E-state index in [1.54, 1.807) is 17.0 Å². The first-order valence-corrected chi connectivity index (χ1v) is 10.4. The topological polar surface area (TPSA) is 96.6 Å². The van der Waals surface area contributed by atoms with Gasteiger partial charge >= 0.3 is 0 Å². The number of hydrogen-bond acceptors (Lipinski definition) is 7. The number of aromatic nitrogens is 2. The maximum atomic E-state index is 13.4. The molecule has 0 saturated carbocycles. The number of piperazine rings is 1. The quantitative estimate of drug-likeness (QED) is 0.756. The van der Waals surface area contributed by atoms with E-state index in [1.807, 2.05) is 4.90 Å². The summed E-state index contributed by atoms with van der Waals surface area (Å²) in [6.07, 6.45) is 0. The van der Waals surface area contributed by atoms with Crippen molar-refractivity contribution in [1.82, 2.24) is 20.0 Å². The van der Waals surface area contributed by atoms with Gasteiger partial charge in [-0.25, -0.2) is 12.8 Å². The standard InChI is InChI=1S/C17H19FN4O4S/c1-11(23)22-6-5-21(14-9-27(24,25)10-15(14)22)8-16-19-20-17(26-16)12-3-2-4-13(18)7-12/h2-4,7,14-15H,5-6,8-10H2,1H3/t14-,15+/m1/s1. The fourth-order valence-electron chi connectivity index (χ4n) is 3.84. The molecule has 1 amide bonds. The van der Waals surface area contributed by atoms with E-state index < -0.39 is 15.7 Å². The third kappa shape index (κ3) is 3.59. The fraction of sp³-hybridized carbons (Fsp3) is 0.471. The van der Waals surface area contributed by atoms with Crippen molar-refractivity contribution < 1.29 is 22.0 Å². The van der Waals surface area contributed by atoms with Gasteiger partial charge in [-0.3, -0.25) is 9.69 Å². The van der Waals surface area contributed by atoms with Gasteiger partial charge in [0.2, 0.25) is 17.7 Å². The van der Waals surface area contributed by atoms with Crippen LogP contribution < -0.4 is 0 Å². The highest BCUT2D eigenvalue weighted by molar-refractivity contribution is 7.91. The average Bonchev–Trinajstić information content (AvgIpc) is 3.18. The van der Waals surface area contributed by atoms with Crippen molar-refractivity contribution in [3.8, 4) is 11.5 Å². The van der Waals surface area contributed by atoms with Crippen molar-refractivity contribution in [1.29, 1.82) is 0 Å². The molecule has 2 atom stereocenters. The van der Waals surface area contributed by atoms with E-state index in [0.717, 1.165) is 0 Å². The minimum atomic E-state index is -3.21. The first kappa shape index (κ1) is 18.1. The molecule has 10 heteroatoms. The molecule has 2 fully saturated rings. The zero-order valence-electron chi connectivity index (χ0n) is 14.7. The van der Waals surface area contributed by atoms with Crippen molar-refractivity contribution in [2.45, 2.75) is 25.6 Å². The molecule has 27 heavy (non-hydrogen) atoms. The van der Waals surface area contributed by atoms with Gasteiger partial charge in [0.05, 0.1) is 24.1 Å². The number of halogens is 1. The molecule has 2 aliphatic heterocycles. The van der Waals surface area contributed by atoms with Crippen LogP contribution in [-0.4, -0.2) is 71.0 Å². The molecule has 3 heterocycles. The van der Waals surface area contributed by atoms with Crippen LogP contribution >= 0.6 is 0 Å². The molecular formula is C17H19FN4O4S. The van der Waals surface area contributed by atoms with Gasteiger partial charge in [0, 0.05) is 31.6 Å². The summed E-state index contributed by atoms with van der Waals surface area (Å²) in [4.78, 5) is 15.5. The van der Waals surface area contributed by atoms with E-state index >= 15 is 0 Å². The Bertz CT molecular complexity index is 977. The van der Waals surface area contributed by atoms with Crippen LogP contribution in [0.5, 0.6) is 0 Å². The lowest BCUT2D eigenvalue weighted by molar-refractivity contribution is -0.134. The minimum Gasteiger partial charge on any atom is -0.419 e. The number of carbonyl (C=O) groups is 1. The highest BCUT2D eigenvalue weighted by atomic mass is 32.2. The second kappa shape index (κ2) is 6.68. The number of hydrogen-bond donors (Lipinski definition) is 0. The van der Waals surface area contributed by atoms with Gasteiger partial charge < -0.3 is 9.32 Å². The Balaban J connectivity index is 1.54. The highest BCUT2D eigenvalue weighted by Crippen LogP contribution is 2.28. The first-order chi connectivity index (χ1) is 12.8. The lowest BCUT2D eigenvalue weighted by Crippen LogP contribution is -2.59. The van der Waals surface area contributed by atoms with Crippen LogP contribution in [0.2, 0.25) is 0 Å². The SMILES string of the molecule is CC(=O)N1CCN(Cc2nnc(-c3cccc(F)c3)o2)[C@@H]2CS(=O)(=O)C[C@@H]21. The zero-order chi connectivity index (χ0) is 19.2. The third-order valence-corrected chi connectivity index (χ3v) is 6.77. The Morgan fingerprint density at radius 2 is 2.04 bits per heavy atom. The van der Waals surface area contributed by atoms with Gasteiger partial charge in [0.25, 0.3) is 0 Å². The molecule has 0 bridgehead atoms. The molecule has 0 aliphatic carbocycles. The molecule has 8 nitrogen and oxygen atoms in total. The number of carbonyl (C=O) groups excluding carboxylic acids is 1. The summed E-state index contributed by atoms with van der Waals surface area (Å²) >= 11 is 0. The number of fused-ring (bicyclic) bond motifs is 1. The number of benzene rings is 1. The molecule has 0 spiro atoms. The molecule has 0 N–H and O–H groups in total. The summed E-state index contributed by atoms with van der Waals surface area (Å²) in [5, 5.41) is 7.97. The second-order valence-electron chi connectivity index (χ2n) is 6.91. The van der Waals surface area contributed by atoms with Crippen molar-refractivity contribution in [3.63, 3.8) is 0 Å². The fourth-order valence-corrected chi connectivity index (χ4v) is 5.85. The maximum absolute atomic E-state index is 13.4. The van der Waals surface area contributed by atoms with E-state index in [9.17, 15) is 17.6 Å². The van der Waals surface area contributed by atoms with Crippen molar-refractivity contribution in [2.24, 2.45) is 0 Å². The number of sulfone groups is 1. The summed E-state index contributed by atoms with van der Waals surface area (Å²) in [5.74, 6) is 0.00828. The molecule has 2 aliphatic rings. The zero-order valence-corrected chi connectivity index (χ0v) is 15.5. The van der Waals surface area contributed by atoms with Crippen molar-refractivity contribution in [3.05, 3.63) is 36.0 Å². The largest absolute Gasteiger partial charge is 0.419 e. The van der Waals surface area contributed by atoms with Gasteiger partial charge in [-0.1, -0.05) is 6.07 Å². The molecular weight excluding hydrogens is 375 g/mol. The van der Waals surface area contributed by atoms with Gasteiger partial charge in [0.15, 0.2) is 9.84 Å². The minimum absolute atomic E-state index is 0.00629. The molecule has 4 rings (SSSR count). The van der Waals surface area contributed by atoms with Crippen LogP contribution in [0.25, 0.3) is 11.5 Å². The maximum Gasteiger partial charge on any atom is 0.247 e. The summed E-state index contributed by atoms with van der Waals surface area (Å²) in [6, 6.07) is 5.22. The van der Waals surface area contributed by atoms with E-state index in [-0.39, 0.29) is 41.9 Å².